The first kappa shape index (κ1) is 16.2. The summed E-state index contributed by atoms with van der Waals surface area (Å²) in [5, 5.41) is 5.74. The van der Waals surface area contributed by atoms with Gasteiger partial charge in [0.05, 0.1) is 12.7 Å². The summed E-state index contributed by atoms with van der Waals surface area (Å²) >= 11 is 3.59. The van der Waals surface area contributed by atoms with E-state index >= 15 is 0 Å². The van der Waals surface area contributed by atoms with Gasteiger partial charge in [-0.25, -0.2) is 4.79 Å². The maximum absolute atomic E-state index is 11.8. The van der Waals surface area contributed by atoms with Crippen molar-refractivity contribution < 1.29 is 9.53 Å². The van der Waals surface area contributed by atoms with Crippen molar-refractivity contribution >= 4 is 44.0 Å². The molecule has 1 heterocycles. The molecule has 4 heteroatoms. The Morgan fingerprint density at radius 3 is 2.56 bits per heavy atom. The molecule has 0 spiro atoms. The normalized spacial score (nSPS) is 14.4. The predicted octanol–water partition coefficient (Wildman–Crippen LogP) is 5.77. The first-order valence-corrected chi connectivity index (χ1v) is 8.94. The molecule has 0 unspecified atom stereocenters. The second kappa shape index (κ2) is 5.60. The van der Waals surface area contributed by atoms with Crippen LogP contribution in [0, 0.1) is 0 Å². The summed E-state index contributed by atoms with van der Waals surface area (Å²) in [7, 11) is 1.40. The second-order valence-corrected chi connectivity index (χ2v) is 7.77. The summed E-state index contributed by atoms with van der Waals surface area (Å²) in [6.45, 7) is 4.48. The van der Waals surface area contributed by atoms with Gasteiger partial charge in [0.1, 0.15) is 0 Å². The van der Waals surface area contributed by atoms with E-state index in [1.807, 2.05) is 24.3 Å². The van der Waals surface area contributed by atoms with E-state index in [9.17, 15) is 4.79 Å². The lowest BCUT2D eigenvalue weighted by Crippen LogP contribution is -2.26. The third kappa shape index (κ3) is 2.44. The number of carbonyl (C=O) groups is 1. The van der Waals surface area contributed by atoms with Crippen LogP contribution in [0.4, 0.5) is 11.4 Å². The number of nitrogens with one attached hydrogen (secondary N) is 1. The number of hydrogen-bond donors (Lipinski definition) is 1. The average Bonchev–Trinajstić information content (AvgIpc) is 2.61. The molecule has 0 bridgehead atoms. The summed E-state index contributed by atoms with van der Waals surface area (Å²) in [6, 6.07) is 16.2. The molecule has 1 aliphatic rings. The maximum Gasteiger partial charge on any atom is 0.337 e. The largest absolute Gasteiger partial charge is 0.465 e. The number of halogens is 1. The summed E-state index contributed by atoms with van der Waals surface area (Å²) in [5.41, 5.74) is 5.14. The van der Waals surface area contributed by atoms with Crippen LogP contribution in [0.25, 0.3) is 10.8 Å². The smallest absolute Gasteiger partial charge is 0.337 e. The van der Waals surface area contributed by atoms with Crippen molar-refractivity contribution in [2.24, 2.45) is 0 Å². The molecule has 0 aromatic heterocycles. The molecule has 25 heavy (non-hydrogen) atoms. The van der Waals surface area contributed by atoms with Gasteiger partial charge in [-0.15, -0.1) is 0 Å². The van der Waals surface area contributed by atoms with Crippen LogP contribution in [0.1, 0.15) is 35.3 Å². The molecule has 1 aliphatic heterocycles. The summed E-state index contributed by atoms with van der Waals surface area (Å²) in [6.07, 6.45) is 0. The first-order chi connectivity index (χ1) is 11.9. The van der Waals surface area contributed by atoms with E-state index in [-0.39, 0.29) is 11.4 Å². The molecule has 0 aliphatic carbocycles. The van der Waals surface area contributed by atoms with Gasteiger partial charge in [-0.3, -0.25) is 0 Å². The molecule has 4 rings (SSSR count). The van der Waals surface area contributed by atoms with Crippen LogP contribution in [-0.2, 0) is 10.2 Å². The van der Waals surface area contributed by atoms with Gasteiger partial charge in [0, 0.05) is 21.3 Å². The van der Waals surface area contributed by atoms with Crippen molar-refractivity contribution in [2.45, 2.75) is 19.3 Å². The van der Waals surface area contributed by atoms with Crippen LogP contribution in [0.2, 0.25) is 0 Å². The Hall–Kier alpha value is -2.33. The van der Waals surface area contributed by atoms with Crippen LogP contribution >= 0.6 is 15.9 Å². The molecular weight excluding hydrogens is 378 g/mol. The molecule has 3 nitrogen and oxygen atoms in total. The van der Waals surface area contributed by atoms with Crippen molar-refractivity contribution in [3.63, 3.8) is 0 Å². The number of hydrogen-bond acceptors (Lipinski definition) is 3. The lowest BCUT2D eigenvalue weighted by atomic mass is 9.72. The van der Waals surface area contributed by atoms with Crippen molar-refractivity contribution in [1.82, 2.24) is 0 Å². The fourth-order valence-corrected chi connectivity index (χ4v) is 4.14. The highest BCUT2D eigenvalue weighted by atomic mass is 79.9. The monoisotopic (exact) mass is 395 g/mol. The second-order valence-electron chi connectivity index (χ2n) is 6.86. The Kier molecular flexibility index (Phi) is 3.62. The highest BCUT2D eigenvalue weighted by molar-refractivity contribution is 9.10. The minimum Gasteiger partial charge on any atom is -0.465 e. The van der Waals surface area contributed by atoms with Gasteiger partial charge < -0.3 is 10.1 Å². The summed E-state index contributed by atoms with van der Waals surface area (Å²) in [4.78, 5) is 11.8. The Bertz CT molecular complexity index is 1020. The zero-order valence-corrected chi connectivity index (χ0v) is 15.9. The zero-order valence-electron chi connectivity index (χ0n) is 14.3. The lowest BCUT2D eigenvalue weighted by molar-refractivity contribution is 0.0601. The fraction of sp³-hybridized carbons (Fsp3) is 0.190. The van der Waals surface area contributed by atoms with Gasteiger partial charge >= 0.3 is 5.97 Å². The van der Waals surface area contributed by atoms with Crippen LogP contribution in [0.5, 0.6) is 0 Å². The number of ether oxygens (including phenoxy) is 1. The van der Waals surface area contributed by atoms with Crippen molar-refractivity contribution in [3.8, 4) is 0 Å². The zero-order chi connectivity index (χ0) is 17.8. The van der Waals surface area contributed by atoms with Crippen molar-refractivity contribution in [1.29, 1.82) is 0 Å². The number of rotatable bonds is 1. The number of benzene rings is 3. The number of esters is 1. The predicted molar refractivity (Wildman–Crippen MR) is 105 cm³/mol. The molecule has 0 atom stereocenters. The third-order valence-electron chi connectivity index (χ3n) is 4.99. The van der Waals surface area contributed by atoms with Gasteiger partial charge in [-0.05, 0) is 58.3 Å². The summed E-state index contributed by atoms with van der Waals surface area (Å²) in [5.74, 6) is -0.314. The average molecular weight is 396 g/mol. The molecule has 0 saturated carbocycles. The third-order valence-corrected chi connectivity index (χ3v) is 5.48. The lowest BCUT2D eigenvalue weighted by Gasteiger charge is -2.37. The van der Waals surface area contributed by atoms with Crippen molar-refractivity contribution in [3.05, 3.63) is 69.7 Å². The van der Waals surface area contributed by atoms with E-state index in [2.05, 4.69) is 59.4 Å². The Morgan fingerprint density at radius 2 is 1.80 bits per heavy atom. The van der Waals surface area contributed by atoms with E-state index < -0.39 is 0 Å². The Balaban J connectivity index is 1.97. The molecule has 0 saturated heterocycles. The number of carbonyl (C=O) groups excluding carboxylic acids is 1. The van der Waals surface area contributed by atoms with Crippen molar-refractivity contribution in [2.75, 3.05) is 12.4 Å². The van der Waals surface area contributed by atoms with E-state index in [0.717, 1.165) is 26.6 Å². The van der Waals surface area contributed by atoms with Gasteiger partial charge in [0.25, 0.3) is 0 Å². The maximum atomic E-state index is 11.8. The Morgan fingerprint density at radius 1 is 1.04 bits per heavy atom. The number of methoxy groups -OCH3 is 1. The van der Waals surface area contributed by atoms with Crippen LogP contribution in [-0.4, -0.2) is 13.1 Å². The van der Waals surface area contributed by atoms with E-state index in [4.69, 9.17) is 4.74 Å². The van der Waals surface area contributed by atoms with Crippen LogP contribution < -0.4 is 5.32 Å². The molecule has 3 aromatic carbocycles. The molecular formula is C21H18BrNO2. The standard InChI is InChI=1S/C21H18BrNO2/c1-21(2)16-11-14(22)6-9-17(16)23-18-8-5-12-10-13(20(24)25-3)4-7-15(12)19(18)21/h4-11,23H,1-3H3. The molecule has 0 amide bonds. The highest BCUT2D eigenvalue weighted by Gasteiger charge is 2.34. The van der Waals surface area contributed by atoms with Gasteiger partial charge in [0.15, 0.2) is 0 Å². The highest BCUT2D eigenvalue weighted by Crippen LogP contribution is 2.48. The number of anilines is 2. The van der Waals surface area contributed by atoms with Gasteiger partial charge in [0.2, 0.25) is 0 Å². The quantitative estimate of drug-likeness (QED) is 0.531. The Labute approximate surface area is 155 Å². The van der Waals surface area contributed by atoms with E-state index in [1.165, 1.54) is 18.2 Å². The molecule has 0 radical (unpaired) electrons. The molecule has 3 aromatic rings. The fourth-order valence-electron chi connectivity index (χ4n) is 3.77. The van der Waals surface area contributed by atoms with E-state index in [1.54, 1.807) is 0 Å². The minimum atomic E-state index is -0.314. The topological polar surface area (TPSA) is 38.3 Å². The molecule has 126 valence electrons. The first-order valence-electron chi connectivity index (χ1n) is 8.14. The molecule has 0 fully saturated rings. The van der Waals surface area contributed by atoms with Crippen LogP contribution in [0.3, 0.4) is 0 Å². The van der Waals surface area contributed by atoms with Gasteiger partial charge in [-0.2, -0.15) is 0 Å². The SMILES string of the molecule is COC(=O)c1ccc2c3c(ccc2c1)Nc1ccc(Br)cc1C3(C)C. The number of fused-ring (bicyclic) bond motifs is 4. The van der Waals surface area contributed by atoms with Crippen LogP contribution in [0.15, 0.2) is 53.0 Å². The van der Waals surface area contributed by atoms with E-state index in [0.29, 0.717) is 5.56 Å². The van der Waals surface area contributed by atoms with Gasteiger partial charge in [-0.1, -0.05) is 41.9 Å². The molecule has 1 N–H and O–H groups in total. The minimum absolute atomic E-state index is 0.161. The summed E-state index contributed by atoms with van der Waals surface area (Å²) < 4.78 is 5.91.